The molecule has 0 aliphatic carbocycles. The molecule has 30 heavy (non-hydrogen) atoms. The molecule has 0 heterocycles. The molecule has 0 spiro atoms. The van der Waals surface area contributed by atoms with Crippen LogP contribution in [-0.4, -0.2) is 44.0 Å². The zero-order chi connectivity index (χ0) is 21.9. The summed E-state index contributed by atoms with van der Waals surface area (Å²) in [5, 5.41) is 12.9. The maximum Gasteiger partial charge on any atom is 0.341 e. The van der Waals surface area contributed by atoms with Gasteiger partial charge in [0.1, 0.15) is 5.75 Å². The summed E-state index contributed by atoms with van der Waals surface area (Å²) in [5.41, 5.74) is 4.62. The van der Waals surface area contributed by atoms with Crippen LogP contribution < -0.4 is 19.6 Å². The van der Waals surface area contributed by atoms with Crippen molar-refractivity contribution >= 4 is 18.1 Å². The van der Waals surface area contributed by atoms with E-state index in [0.29, 0.717) is 34.8 Å². The molecular weight excluding hydrogens is 388 g/mol. The second-order valence-electron chi connectivity index (χ2n) is 6.21. The molecule has 0 saturated heterocycles. The van der Waals surface area contributed by atoms with Crippen molar-refractivity contribution < 1.29 is 28.9 Å². The van der Waals surface area contributed by atoms with E-state index in [0.717, 1.165) is 5.56 Å². The zero-order valence-electron chi connectivity index (χ0n) is 16.9. The highest BCUT2D eigenvalue weighted by Gasteiger charge is 2.14. The molecule has 2 N–H and O–H groups in total. The van der Waals surface area contributed by atoms with E-state index in [4.69, 9.17) is 19.3 Å². The van der Waals surface area contributed by atoms with E-state index in [1.54, 1.807) is 37.5 Å². The summed E-state index contributed by atoms with van der Waals surface area (Å²) < 4.78 is 15.8. The van der Waals surface area contributed by atoms with Crippen molar-refractivity contribution in [2.24, 2.45) is 5.10 Å². The van der Waals surface area contributed by atoms with E-state index >= 15 is 0 Å². The van der Waals surface area contributed by atoms with Crippen molar-refractivity contribution in [2.75, 3.05) is 20.8 Å². The van der Waals surface area contributed by atoms with Crippen LogP contribution in [0.1, 0.15) is 16.7 Å². The number of carboxylic acid groups (broad SMARTS) is 1. The van der Waals surface area contributed by atoms with E-state index in [-0.39, 0.29) is 12.3 Å². The van der Waals surface area contributed by atoms with Crippen LogP contribution in [0.3, 0.4) is 0 Å². The summed E-state index contributed by atoms with van der Waals surface area (Å²) in [4.78, 5) is 22.9. The quantitative estimate of drug-likeness (QED) is 0.334. The van der Waals surface area contributed by atoms with Crippen LogP contribution in [0.4, 0.5) is 0 Å². The Balaban J connectivity index is 2.11. The van der Waals surface area contributed by atoms with Crippen LogP contribution >= 0.6 is 0 Å². The maximum absolute atomic E-state index is 12.1. The highest BCUT2D eigenvalue weighted by Crippen LogP contribution is 2.33. The van der Waals surface area contributed by atoms with Gasteiger partial charge in [0.2, 0.25) is 5.91 Å². The van der Waals surface area contributed by atoms with Crippen molar-refractivity contribution in [3.05, 3.63) is 65.7 Å². The molecule has 0 radical (unpaired) electrons. The molecule has 2 aromatic carbocycles. The standard InChI is InChI=1S/C22H24N2O6/c1-4-6-17-9-16(11-19(29-3)22(17)30-14-21(26)27)13-23-24-20(25)12-15-7-5-8-18(10-15)28-2/h4-5,7-11,13H,1,6,12,14H2,2-3H3,(H,24,25)(H,26,27)/b23-13+. The minimum Gasteiger partial charge on any atom is -0.497 e. The van der Waals surface area contributed by atoms with Gasteiger partial charge in [-0.15, -0.1) is 6.58 Å². The van der Waals surface area contributed by atoms with Crippen LogP contribution in [0.15, 0.2) is 54.2 Å². The fraction of sp³-hybridized carbons (Fsp3) is 0.227. The third-order valence-corrected chi connectivity index (χ3v) is 3.98. The molecule has 2 aromatic rings. The number of nitrogens with zero attached hydrogens (tertiary/aromatic N) is 1. The second-order valence-corrected chi connectivity index (χ2v) is 6.21. The van der Waals surface area contributed by atoms with Crippen LogP contribution in [0.2, 0.25) is 0 Å². The molecule has 2 rings (SSSR count). The minimum absolute atomic E-state index is 0.154. The number of hydrogen-bond donors (Lipinski definition) is 2. The number of ether oxygens (including phenoxy) is 3. The van der Waals surface area contributed by atoms with Gasteiger partial charge in [-0.05, 0) is 41.8 Å². The number of carboxylic acids is 1. The summed E-state index contributed by atoms with van der Waals surface area (Å²) in [6, 6.07) is 10.6. The number of rotatable bonds is 11. The molecule has 8 nitrogen and oxygen atoms in total. The summed E-state index contributed by atoms with van der Waals surface area (Å²) >= 11 is 0. The Morgan fingerprint density at radius 1 is 1.20 bits per heavy atom. The van der Waals surface area contributed by atoms with Crippen molar-refractivity contribution in [3.63, 3.8) is 0 Å². The number of amides is 1. The van der Waals surface area contributed by atoms with E-state index in [2.05, 4.69) is 17.1 Å². The molecule has 0 fully saturated rings. The minimum atomic E-state index is -1.09. The number of hydrogen-bond acceptors (Lipinski definition) is 6. The number of aliphatic carboxylic acids is 1. The smallest absolute Gasteiger partial charge is 0.341 e. The number of methoxy groups -OCH3 is 2. The van der Waals surface area contributed by atoms with Gasteiger partial charge in [-0.1, -0.05) is 18.2 Å². The Kier molecular flexibility index (Phi) is 8.43. The lowest BCUT2D eigenvalue weighted by atomic mass is 10.1. The first-order chi connectivity index (χ1) is 14.5. The molecular formula is C22H24N2O6. The lowest BCUT2D eigenvalue weighted by Gasteiger charge is -2.14. The SMILES string of the molecule is C=CCc1cc(/C=N/NC(=O)Cc2cccc(OC)c2)cc(OC)c1OCC(=O)O. The van der Waals surface area contributed by atoms with Crippen LogP contribution in [0.5, 0.6) is 17.2 Å². The maximum atomic E-state index is 12.1. The third kappa shape index (κ3) is 6.66. The first kappa shape index (κ1) is 22.5. The van der Waals surface area contributed by atoms with E-state index in [1.807, 2.05) is 12.1 Å². The number of carbonyl (C=O) groups is 2. The van der Waals surface area contributed by atoms with Gasteiger partial charge >= 0.3 is 5.97 Å². The van der Waals surface area contributed by atoms with Crippen molar-refractivity contribution in [1.29, 1.82) is 0 Å². The lowest BCUT2D eigenvalue weighted by Crippen LogP contribution is -2.19. The molecule has 0 aromatic heterocycles. The first-order valence-corrected chi connectivity index (χ1v) is 9.08. The van der Waals surface area contributed by atoms with Crippen molar-refractivity contribution in [1.82, 2.24) is 5.43 Å². The Morgan fingerprint density at radius 3 is 2.67 bits per heavy atom. The van der Waals surface area contributed by atoms with Gasteiger partial charge in [0.05, 0.1) is 26.9 Å². The summed E-state index contributed by atoms with van der Waals surface area (Å²) in [6.45, 7) is 3.21. The van der Waals surface area contributed by atoms with Gasteiger partial charge in [0.15, 0.2) is 18.1 Å². The average Bonchev–Trinajstić information content (AvgIpc) is 2.72. The van der Waals surface area contributed by atoms with Crippen molar-refractivity contribution in [2.45, 2.75) is 12.8 Å². The molecule has 1 amide bonds. The largest absolute Gasteiger partial charge is 0.497 e. The molecule has 8 heteroatoms. The fourth-order valence-electron chi connectivity index (χ4n) is 2.70. The molecule has 0 aliphatic heterocycles. The number of allylic oxidation sites excluding steroid dienone is 1. The molecule has 0 unspecified atom stereocenters. The van der Waals surface area contributed by atoms with Gasteiger partial charge in [-0.3, -0.25) is 4.79 Å². The second kappa shape index (κ2) is 11.3. The Labute approximate surface area is 174 Å². The number of carbonyl (C=O) groups excluding carboxylic acids is 1. The molecule has 0 aliphatic rings. The van der Waals surface area contributed by atoms with Gasteiger partial charge in [0, 0.05) is 5.56 Å². The lowest BCUT2D eigenvalue weighted by molar-refractivity contribution is -0.139. The normalized spacial score (nSPS) is 10.5. The summed E-state index contributed by atoms with van der Waals surface area (Å²) in [5.74, 6) is -0.000179. The monoisotopic (exact) mass is 412 g/mol. The Morgan fingerprint density at radius 2 is 2.00 bits per heavy atom. The molecule has 0 atom stereocenters. The molecule has 0 saturated carbocycles. The predicted octanol–water partition coefficient (Wildman–Crippen LogP) is 2.59. The number of hydrazone groups is 1. The molecule has 158 valence electrons. The van der Waals surface area contributed by atoms with Gasteiger partial charge < -0.3 is 19.3 Å². The van der Waals surface area contributed by atoms with Gasteiger partial charge in [-0.2, -0.15) is 5.10 Å². The predicted molar refractivity (Wildman–Crippen MR) is 112 cm³/mol. The highest BCUT2D eigenvalue weighted by atomic mass is 16.5. The topological polar surface area (TPSA) is 106 Å². The fourth-order valence-corrected chi connectivity index (χ4v) is 2.70. The summed E-state index contributed by atoms with van der Waals surface area (Å²) in [7, 11) is 3.02. The average molecular weight is 412 g/mol. The van der Waals surface area contributed by atoms with Crippen LogP contribution in [0, 0.1) is 0 Å². The first-order valence-electron chi connectivity index (χ1n) is 9.08. The van der Waals surface area contributed by atoms with Crippen LogP contribution in [0.25, 0.3) is 0 Å². The summed E-state index contributed by atoms with van der Waals surface area (Å²) in [6.07, 6.45) is 3.73. The zero-order valence-corrected chi connectivity index (χ0v) is 16.9. The number of nitrogens with one attached hydrogen (secondary N) is 1. The third-order valence-electron chi connectivity index (χ3n) is 3.98. The Hall–Kier alpha value is -3.81. The van der Waals surface area contributed by atoms with Crippen molar-refractivity contribution in [3.8, 4) is 17.2 Å². The highest BCUT2D eigenvalue weighted by molar-refractivity contribution is 5.84. The Bertz CT molecular complexity index is 939. The van der Waals surface area contributed by atoms with Crippen LogP contribution in [-0.2, 0) is 22.4 Å². The van der Waals surface area contributed by atoms with E-state index in [1.165, 1.54) is 13.3 Å². The van der Waals surface area contributed by atoms with E-state index in [9.17, 15) is 9.59 Å². The van der Waals surface area contributed by atoms with Gasteiger partial charge in [0.25, 0.3) is 0 Å². The van der Waals surface area contributed by atoms with Gasteiger partial charge in [-0.25, -0.2) is 10.2 Å². The molecule has 0 bridgehead atoms. The number of benzene rings is 2. The van der Waals surface area contributed by atoms with E-state index < -0.39 is 12.6 Å².